The predicted molar refractivity (Wildman–Crippen MR) is 121 cm³/mol. The van der Waals surface area contributed by atoms with Crippen molar-refractivity contribution in [1.82, 2.24) is 4.40 Å². The Morgan fingerprint density at radius 3 is 2.18 bits per heavy atom. The fourth-order valence-electron chi connectivity index (χ4n) is 5.03. The van der Waals surface area contributed by atoms with Crippen molar-refractivity contribution >= 4 is 71.2 Å². The van der Waals surface area contributed by atoms with Crippen LogP contribution < -0.4 is 0 Å². The molecule has 0 saturated heterocycles. The first kappa shape index (κ1) is 14.7. The summed E-state index contributed by atoms with van der Waals surface area (Å²) in [6.45, 7) is 0. The summed E-state index contributed by atoms with van der Waals surface area (Å²) < 4.78 is 2.41. The Balaban J connectivity index is 2.06. The number of fused-ring (bicyclic) bond motifs is 6. The van der Waals surface area contributed by atoms with E-state index in [4.69, 9.17) is 11.6 Å². The normalized spacial score (nSPS) is 12.5. The number of halogens is 1. The highest BCUT2D eigenvalue weighted by Crippen LogP contribution is 2.42. The average Bonchev–Trinajstić information content (AvgIpc) is 3.01. The van der Waals surface area contributed by atoms with Crippen LogP contribution in [0.15, 0.2) is 84.9 Å². The van der Waals surface area contributed by atoms with E-state index in [-0.39, 0.29) is 0 Å². The van der Waals surface area contributed by atoms with Crippen LogP contribution in [-0.2, 0) is 0 Å². The lowest BCUT2D eigenvalue weighted by molar-refractivity contribution is 1.36. The van der Waals surface area contributed by atoms with Crippen molar-refractivity contribution in [2.24, 2.45) is 0 Å². The molecule has 5 aromatic carbocycles. The van der Waals surface area contributed by atoms with E-state index in [0.29, 0.717) is 0 Å². The van der Waals surface area contributed by atoms with Crippen molar-refractivity contribution in [2.45, 2.75) is 0 Å². The number of hydrogen-bond donors (Lipinski definition) is 0. The minimum Gasteiger partial charge on any atom is -0.308 e. The van der Waals surface area contributed by atoms with Crippen molar-refractivity contribution in [3.63, 3.8) is 0 Å². The number of nitrogens with zero attached hydrogens (tertiary/aromatic N) is 1. The number of benzene rings is 5. The van der Waals surface area contributed by atoms with Crippen molar-refractivity contribution in [2.75, 3.05) is 0 Å². The second-order valence-electron chi connectivity index (χ2n) is 7.54. The van der Waals surface area contributed by atoms with Crippen molar-refractivity contribution in [1.29, 1.82) is 0 Å². The van der Waals surface area contributed by atoms with E-state index in [1.165, 1.54) is 54.1 Å². The summed E-state index contributed by atoms with van der Waals surface area (Å²) in [5.74, 6) is 0. The molecule has 0 fully saturated rings. The molecule has 0 bridgehead atoms. The fraction of sp³-hybridized carbons (Fsp3) is 0. The SMILES string of the molecule is Clc1ccc2c3cccc4ccc5ccc6c7ccccc7n(c2c1)c6c5c43. The molecule has 0 saturated carbocycles. The summed E-state index contributed by atoms with van der Waals surface area (Å²) in [4.78, 5) is 0. The first-order chi connectivity index (χ1) is 13.8. The second kappa shape index (κ2) is 4.95. The van der Waals surface area contributed by atoms with Crippen LogP contribution in [0.1, 0.15) is 0 Å². The number of hydrogen-bond acceptors (Lipinski definition) is 0. The monoisotopic (exact) mass is 375 g/mol. The van der Waals surface area contributed by atoms with Crippen LogP contribution in [0, 0.1) is 0 Å². The molecule has 0 atom stereocenters. The Labute approximate surface area is 165 Å². The van der Waals surface area contributed by atoms with Gasteiger partial charge in [0.25, 0.3) is 0 Å². The van der Waals surface area contributed by atoms with Crippen molar-refractivity contribution in [3.05, 3.63) is 90.0 Å². The Hall–Kier alpha value is -3.29. The van der Waals surface area contributed by atoms with Crippen LogP contribution in [-0.4, -0.2) is 4.40 Å². The molecule has 2 aromatic heterocycles. The Morgan fingerprint density at radius 1 is 0.536 bits per heavy atom. The lowest BCUT2D eigenvalue weighted by atomic mass is 9.96. The highest BCUT2D eigenvalue weighted by atomic mass is 35.5. The third kappa shape index (κ3) is 1.64. The molecule has 7 aromatic rings. The summed E-state index contributed by atoms with van der Waals surface area (Å²) in [5.41, 5.74) is 3.64. The molecular formula is C26H14ClN. The van der Waals surface area contributed by atoms with Gasteiger partial charge in [-0.05, 0) is 39.7 Å². The van der Waals surface area contributed by atoms with Crippen LogP contribution in [0.25, 0.3) is 59.6 Å². The number of para-hydroxylation sites is 1. The molecule has 0 amide bonds. The van der Waals surface area contributed by atoms with E-state index in [1.807, 2.05) is 6.07 Å². The molecule has 1 nitrogen and oxygen atoms in total. The molecule has 0 radical (unpaired) electrons. The van der Waals surface area contributed by atoms with Gasteiger partial charge in [0, 0.05) is 26.6 Å². The minimum atomic E-state index is 0.759. The molecule has 0 aliphatic heterocycles. The molecule has 0 unspecified atom stereocenters. The lowest BCUT2D eigenvalue weighted by Crippen LogP contribution is -1.85. The molecule has 0 spiro atoms. The third-order valence-corrected chi connectivity index (χ3v) is 6.38. The summed E-state index contributed by atoms with van der Waals surface area (Å²) in [5, 5.41) is 11.0. The molecule has 130 valence electrons. The van der Waals surface area contributed by atoms with Crippen LogP contribution in [0.3, 0.4) is 0 Å². The highest BCUT2D eigenvalue weighted by molar-refractivity contribution is 6.34. The highest BCUT2D eigenvalue weighted by Gasteiger charge is 2.18. The van der Waals surface area contributed by atoms with E-state index in [0.717, 1.165) is 10.5 Å². The van der Waals surface area contributed by atoms with Gasteiger partial charge in [-0.15, -0.1) is 0 Å². The largest absolute Gasteiger partial charge is 0.308 e. The molecular weight excluding hydrogens is 362 g/mol. The third-order valence-electron chi connectivity index (χ3n) is 6.15. The maximum Gasteiger partial charge on any atom is 0.0626 e. The van der Waals surface area contributed by atoms with E-state index in [9.17, 15) is 0 Å². The lowest BCUT2D eigenvalue weighted by Gasteiger charge is -2.07. The van der Waals surface area contributed by atoms with Crippen molar-refractivity contribution < 1.29 is 0 Å². The van der Waals surface area contributed by atoms with Crippen LogP contribution >= 0.6 is 11.6 Å². The van der Waals surface area contributed by atoms with E-state index in [2.05, 4.69) is 83.3 Å². The first-order valence-electron chi connectivity index (χ1n) is 9.49. The zero-order valence-electron chi connectivity index (χ0n) is 14.9. The zero-order valence-corrected chi connectivity index (χ0v) is 15.7. The maximum absolute atomic E-state index is 6.49. The molecule has 0 aliphatic carbocycles. The number of aromatic nitrogens is 1. The van der Waals surface area contributed by atoms with E-state index in [1.54, 1.807) is 0 Å². The average molecular weight is 376 g/mol. The van der Waals surface area contributed by atoms with E-state index < -0.39 is 0 Å². The van der Waals surface area contributed by atoms with Gasteiger partial charge < -0.3 is 4.40 Å². The van der Waals surface area contributed by atoms with E-state index >= 15 is 0 Å². The molecule has 28 heavy (non-hydrogen) atoms. The summed E-state index contributed by atoms with van der Waals surface area (Å²) in [6.07, 6.45) is 0. The summed E-state index contributed by atoms with van der Waals surface area (Å²) in [7, 11) is 0. The smallest absolute Gasteiger partial charge is 0.0626 e. The van der Waals surface area contributed by atoms with Crippen molar-refractivity contribution in [3.8, 4) is 0 Å². The topological polar surface area (TPSA) is 4.41 Å². The van der Waals surface area contributed by atoms with Gasteiger partial charge in [0.1, 0.15) is 0 Å². The minimum absolute atomic E-state index is 0.759. The van der Waals surface area contributed by atoms with Crippen LogP contribution in [0.4, 0.5) is 0 Å². The Morgan fingerprint density at radius 2 is 1.25 bits per heavy atom. The Bertz CT molecular complexity index is 1720. The number of rotatable bonds is 0. The zero-order chi connectivity index (χ0) is 18.4. The van der Waals surface area contributed by atoms with Crippen LogP contribution in [0.5, 0.6) is 0 Å². The van der Waals surface area contributed by atoms with Gasteiger partial charge in [0.05, 0.1) is 16.6 Å². The van der Waals surface area contributed by atoms with Gasteiger partial charge in [-0.2, -0.15) is 0 Å². The second-order valence-corrected chi connectivity index (χ2v) is 7.98. The molecule has 2 heteroatoms. The molecule has 0 aliphatic rings. The quantitative estimate of drug-likeness (QED) is 0.238. The maximum atomic E-state index is 6.49. The standard InChI is InChI=1S/C26H14ClN/c27-17-11-13-19-20-6-3-4-15-8-9-16-10-12-21-18-5-1-2-7-22(18)28(23(19)14-17)26(21)25(16)24(15)20/h1-14H. The van der Waals surface area contributed by atoms with Gasteiger partial charge in [-0.1, -0.05) is 78.3 Å². The van der Waals surface area contributed by atoms with Gasteiger partial charge in [0.15, 0.2) is 0 Å². The molecule has 2 heterocycles. The molecule has 0 N–H and O–H groups in total. The summed E-state index contributed by atoms with van der Waals surface area (Å²) >= 11 is 6.49. The molecule has 7 rings (SSSR count). The van der Waals surface area contributed by atoms with Gasteiger partial charge >= 0.3 is 0 Å². The van der Waals surface area contributed by atoms with Gasteiger partial charge in [0.2, 0.25) is 0 Å². The fourth-order valence-corrected chi connectivity index (χ4v) is 5.20. The predicted octanol–water partition coefficient (Wildman–Crippen LogP) is 7.80. The van der Waals surface area contributed by atoms with Gasteiger partial charge in [-0.3, -0.25) is 0 Å². The first-order valence-corrected chi connectivity index (χ1v) is 9.87. The van der Waals surface area contributed by atoms with Crippen LogP contribution in [0.2, 0.25) is 5.02 Å². The summed E-state index contributed by atoms with van der Waals surface area (Å²) in [6, 6.07) is 30.5. The van der Waals surface area contributed by atoms with Gasteiger partial charge in [-0.25, -0.2) is 0 Å². The Kier molecular flexibility index (Phi) is 2.60.